The van der Waals surface area contributed by atoms with Gasteiger partial charge in [0.05, 0.1) is 0 Å². The highest BCUT2D eigenvalue weighted by molar-refractivity contribution is 5.58. The first-order valence-corrected chi connectivity index (χ1v) is 7.30. The van der Waals surface area contributed by atoms with Crippen LogP contribution in [0.3, 0.4) is 0 Å². The Hall–Kier alpha value is -1.02. The lowest BCUT2D eigenvalue weighted by molar-refractivity contribution is 0.240. The van der Waals surface area contributed by atoms with Gasteiger partial charge in [-0.2, -0.15) is 0 Å². The molecule has 1 fully saturated rings. The first-order valence-electron chi connectivity index (χ1n) is 7.30. The Morgan fingerprint density at radius 1 is 1.39 bits per heavy atom. The molecule has 18 heavy (non-hydrogen) atoms. The summed E-state index contributed by atoms with van der Waals surface area (Å²) in [5, 5.41) is 3.69. The van der Waals surface area contributed by atoms with Crippen molar-refractivity contribution in [3.63, 3.8) is 0 Å². The summed E-state index contributed by atoms with van der Waals surface area (Å²) in [5.74, 6) is 0.922. The molecule has 2 nitrogen and oxygen atoms in total. The zero-order valence-corrected chi connectivity index (χ0v) is 11.6. The molecule has 0 radical (unpaired) electrons. The molecule has 3 rings (SSSR count). The Bertz CT molecular complexity index is 423. The number of benzene rings is 1. The molecule has 1 aromatic carbocycles. The molecule has 1 aliphatic carbocycles. The molecule has 98 valence electrons. The largest absolute Gasteiger partial charge is 0.374 e. The van der Waals surface area contributed by atoms with Gasteiger partial charge in [-0.05, 0) is 49.3 Å². The number of likely N-dealkylation sites (N-methyl/N-ethyl adjacent to an activating group) is 1. The van der Waals surface area contributed by atoms with Crippen LogP contribution in [0.2, 0.25) is 0 Å². The number of hydrogen-bond acceptors (Lipinski definition) is 2. The second kappa shape index (κ2) is 4.93. The van der Waals surface area contributed by atoms with Crippen molar-refractivity contribution in [2.75, 3.05) is 18.5 Å². The number of nitrogens with zero attached hydrogens (tertiary/aromatic N) is 1. The van der Waals surface area contributed by atoms with Crippen molar-refractivity contribution in [3.05, 3.63) is 29.3 Å². The molecule has 2 aliphatic rings. The molecule has 1 heterocycles. The van der Waals surface area contributed by atoms with Crippen LogP contribution in [-0.2, 0) is 13.0 Å². The molecule has 1 aliphatic heterocycles. The van der Waals surface area contributed by atoms with E-state index in [2.05, 4.69) is 42.4 Å². The summed E-state index contributed by atoms with van der Waals surface area (Å²) >= 11 is 0. The van der Waals surface area contributed by atoms with Crippen LogP contribution in [0, 0.1) is 5.92 Å². The molecule has 0 saturated heterocycles. The fourth-order valence-corrected chi connectivity index (χ4v) is 3.12. The maximum atomic E-state index is 3.69. The van der Waals surface area contributed by atoms with Gasteiger partial charge in [0.2, 0.25) is 0 Å². The van der Waals surface area contributed by atoms with E-state index in [4.69, 9.17) is 0 Å². The molecular formula is C16H24N2. The van der Waals surface area contributed by atoms with E-state index in [9.17, 15) is 0 Å². The van der Waals surface area contributed by atoms with E-state index in [-0.39, 0.29) is 0 Å². The molecule has 1 atom stereocenters. The number of anilines is 1. The van der Waals surface area contributed by atoms with Crippen molar-refractivity contribution in [2.24, 2.45) is 5.92 Å². The first kappa shape index (κ1) is 12.0. The molecule has 1 aromatic rings. The van der Waals surface area contributed by atoms with Gasteiger partial charge in [-0.25, -0.2) is 0 Å². The third kappa shape index (κ3) is 2.26. The first-order chi connectivity index (χ1) is 8.74. The van der Waals surface area contributed by atoms with Gasteiger partial charge in [-0.3, -0.25) is 0 Å². The second-order valence-corrected chi connectivity index (χ2v) is 6.00. The van der Waals surface area contributed by atoms with Crippen LogP contribution in [0.5, 0.6) is 0 Å². The van der Waals surface area contributed by atoms with Crippen molar-refractivity contribution >= 4 is 5.69 Å². The van der Waals surface area contributed by atoms with E-state index < -0.39 is 0 Å². The molecule has 1 saturated carbocycles. The SMILES string of the molecule is CC(NCc1ccc2c(c1)CCN2C)C1CCC1. The van der Waals surface area contributed by atoms with Gasteiger partial charge in [-0.15, -0.1) is 0 Å². The summed E-state index contributed by atoms with van der Waals surface area (Å²) in [5.41, 5.74) is 4.38. The maximum Gasteiger partial charge on any atom is 0.0397 e. The zero-order chi connectivity index (χ0) is 12.5. The van der Waals surface area contributed by atoms with Crippen LogP contribution in [0.4, 0.5) is 5.69 Å². The average Bonchev–Trinajstić information content (AvgIpc) is 2.66. The van der Waals surface area contributed by atoms with Gasteiger partial charge >= 0.3 is 0 Å². The van der Waals surface area contributed by atoms with E-state index in [1.165, 1.54) is 49.0 Å². The third-order valence-electron chi connectivity index (χ3n) is 4.76. The van der Waals surface area contributed by atoms with Crippen molar-refractivity contribution in [3.8, 4) is 0 Å². The summed E-state index contributed by atoms with van der Waals surface area (Å²) in [6.45, 7) is 4.53. The molecule has 1 N–H and O–H groups in total. The van der Waals surface area contributed by atoms with E-state index in [1.807, 2.05) is 0 Å². The van der Waals surface area contributed by atoms with Crippen LogP contribution in [-0.4, -0.2) is 19.6 Å². The minimum atomic E-state index is 0.676. The number of nitrogens with one attached hydrogen (secondary N) is 1. The predicted molar refractivity (Wildman–Crippen MR) is 77.1 cm³/mol. The Kier molecular flexibility index (Phi) is 3.29. The summed E-state index contributed by atoms with van der Waals surface area (Å²) < 4.78 is 0. The standard InChI is InChI=1S/C16H24N2/c1-12(14-4-3-5-14)17-11-13-6-7-16-15(10-13)8-9-18(16)2/h6-7,10,12,14,17H,3-5,8-9,11H2,1-2H3. The Balaban J connectivity index is 1.60. The molecule has 0 amide bonds. The Labute approximate surface area is 110 Å². The number of fused-ring (bicyclic) bond motifs is 1. The molecule has 2 heteroatoms. The van der Waals surface area contributed by atoms with Crippen molar-refractivity contribution < 1.29 is 0 Å². The van der Waals surface area contributed by atoms with Gasteiger partial charge in [0.25, 0.3) is 0 Å². The second-order valence-electron chi connectivity index (χ2n) is 6.00. The predicted octanol–water partition coefficient (Wildman–Crippen LogP) is 2.96. The summed E-state index contributed by atoms with van der Waals surface area (Å²) in [7, 11) is 2.18. The topological polar surface area (TPSA) is 15.3 Å². The molecule has 0 spiro atoms. The fourth-order valence-electron chi connectivity index (χ4n) is 3.12. The lowest BCUT2D eigenvalue weighted by atomic mass is 9.80. The van der Waals surface area contributed by atoms with Crippen LogP contribution >= 0.6 is 0 Å². The summed E-state index contributed by atoms with van der Waals surface area (Å²) in [6, 6.07) is 7.63. The average molecular weight is 244 g/mol. The van der Waals surface area contributed by atoms with Crippen molar-refractivity contribution in [2.45, 2.75) is 45.2 Å². The fraction of sp³-hybridized carbons (Fsp3) is 0.625. The lowest BCUT2D eigenvalue weighted by Crippen LogP contribution is -2.36. The highest BCUT2D eigenvalue weighted by Gasteiger charge is 2.23. The van der Waals surface area contributed by atoms with Gasteiger partial charge in [0, 0.05) is 31.9 Å². The van der Waals surface area contributed by atoms with Gasteiger partial charge in [-0.1, -0.05) is 18.6 Å². The van der Waals surface area contributed by atoms with E-state index in [0.29, 0.717) is 6.04 Å². The van der Waals surface area contributed by atoms with Crippen molar-refractivity contribution in [1.29, 1.82) is 0 Å². The monoisotopic (exact) mass is 244 g/mol. The van der Waals surface area contributed by atoms with Crippen LogP contribution < -0.4 is 10.2 Å². The van der Waals surface area contributed by atoms with E-state index in [0.717, 1.165) is 12.5 Å². The maximum absolute atomic E-state index is 3.69. The van der Waals surface area contributed by atoms with E-state index >= 15 is 0 Å². The van der Waals surface area contributed by atoms with Crippen molar-refractivity contribution in [1.82, 2.24) is 5.32 Å². The molecule has 1 unspecified atom stereocenters. The highest BCUT2D eigenvalue weighted by atomic mass is 15.1. The summed E-state index contributed by atoms with van der Waals surface area (Å²) in [6.07, 6.45) is 5.48. The smallest absolute Gasteiger partial charge is 0.0397 e. The quantitative estimate of drug-likeness (QED) is 0.876. The minimum absolute atomic E-state index is 0.676. The number of hydrogen-bond donors (Lipinski definition) is 1. The van der Waals surface area contributed by atoms with Crippen LogP contribution in [0.25, 0.3) is 0 Å². The van der Waals surface area contributed by atoms with Gasteiger partial charge < -0.3 is 10.2 Å². The number of rotatable bonds is 4. The van der Waals surface area contributed by atoms with Gasteiger partial charge in [0.15, 0.2) is 0 Å². The Morgan fingerprint density at radius 2 is 2.22 bits per heavy atom. The lowest BCUT2D eigenvalue weighted by Gasteiger charge is -2.32. The highest BCUT2D eigenvalue weighted by Crippen LogP contribution is 2.30. The van der Waals surface area contributed by atoms with E-state index in [1.54, 1.807) is 0 Å². The molecule has 0 bridgehead atoms. The van der Waals surface area contributed by atoms with Gasteiger partial charge in [0.1, 0.15) is 0 Å². The molecule has 0 aromatic heterocycles. The van der Waals surface area contributed by atoms with Crippen LogP contribution in [0.15, 0.2) is 18.2 Å². The summed E-state index contributed by atoms with van der Waals surface area (Å²) in [4.78, 5) is 2.35. The normalized spacial score (nSPS) is 20.7. The zero-order valence-electron chi connectivity index (χ0n) is 11.6. The third-order valence-corrected chi connectivity index (χ3v) is 4.76. The van der Waals surface area contributed by atoms with Crippen LogP contribution in [0.1, 0.15) is 37.3 Å². The minimum Gasteiger partial charge on any atom is -0.374 e. The Morgan fingerprint density at radius 3 is 2.94 bits per heavy atom. The molecular weight excluding hydrogens is 220 g/mol.